The standard InChI is InChI=1S/C17H24FN3O/c1-4-15-13(16(5-2)21(3)20-15)10-19-11-17(22)12-8-6-7-9-14(12)18/h6-9,17,19,22H,4-5,10-11H2,1-3H3. The number of hydrogen-bond acceptors (Lipinski definition) is 3. The van der Waals surface area contributed by atoms with Crippen LogP contribution < -0.4 is 5.32 Å². The molecule has 2 rings (SSSR count). The molecule has 0 saturated heterocycles. The van der Waals surface area contributed by atoms with Crippen LogP contribution >= 0.6 is 0 Å². The van der Waals surface area contributed by atoms with Crippen LogP contribution in [0.2, 0.25) is 0 Å². The molecule has 0 bridgehead atoms. The molecule has 1 heterocycles. The third-order valence-corrected chi connectivity index (χ3v) is 3.93. The van der Waals surface area contributed by atoms with Crippen molar-refractivity contribution in [1.29, 1.82) is 0 Å². The minimum atomic E-state index is -0.854. The van der Waals surface area contributed by atoms with Gasteiger partial charge in [-0.2, -0.15) is 5.10 Å². The molecule has 4 nitrogen and oxygen atoms in total. The van der Waals surface area contributed by atoms with Crippen molar-refractivity contribution in [2.45, 2.75) is 39.3 Å². The first-order valence-corrected chi connectivity index (χ1v) is 7.75. The number of nitrogens with zero attached hydrogens (tertiary/aromatic N) is 2. The van der Waals surface area contributed by atoms with Crippen LogP contribution in [0.15, 0.2) is 24.3 Å². The number of hydrogen-bond donors (Lipinski definition) is 2. The molecular formula is C17H24FN3O. The maximum atomic E-state index is 13.6. The fraction of sp³-hybridized carbons (Fsp3) is 0.471. The highest BCUT2D eigenvalue weighted by molar-refractivity contribution is 5.26. The molecule has 1 aromatic carbocycles. The molecule has 2 N–H and O–H groups in total. The van der Waals surface area contributed by atoms with Gasteiger partial charge in [-0.15, -0.1) is 0 Å². The molecule has 0 spiro atoms. The van der Waals surface area contributed by atoms with Crippen LogP contribution in [-0.4, -0.2) is 21.4 Å². The van der Waals surface area contributed by atoms with Gasteiger partial charge in [-0.1, -0.05) is 32.0 Å². The first kappa shape index (κ1) is 16.6. The van der Waals surface area contributed by atoms with Crippen molar-refractivity contribution in [2.75, 3.05) is 6.54 Å². The van der Waals surface area contributed by atoms with Gasteiger partial charge < -0.3 is 10.4 Å². The SMILES string of the molecule is CCc1nn(C)c(CC)c1CNCC(O)c1ccccc1F. The molecule has 5 heteroatoms. The van der Waals surface area contributed by atoms with Gasteiger partial charge in [0.1, 0.15) is 5.82 Å². The van der Waals surface area contributed by atoms with E-state index in [0.29, 0.717) is 18.7 Å². The zero-order valence-electron chi connectivity index (χ0n) is 13.4. The van der Waals surface area contributed by atoms with E-state index in [0.717, 1.165) is 18.5 Å². The molecule has 120 valence electrons. The van der Waals surface area contributed by atoms with Gasteiger partial charge in [-0.05, 0) is 18.9 Å². The third-order valence-electron chi connectivity index (χ3n) is 3.93. The Balaban J connectivity index is 2.01. The molecule has 1 unspecified atom stereocenters. The van der Waals surface area contributed by atoms with E-state index in [1.165, 1.54) is 17.3 Å². The second kappa shape index (κ2) is 7.51. The Morgan fingerprint density at radius 2 is 2.00 bits per heavy atom. The lowest BCUT2D eigenvalue weighted by Crippen LogP contribution is -2.22. The van der Waals surface area contributed by atoms with Crippen LogP contribution in [0, 0.1) is 5.82 Å². The summed E-state index contributed by atoms with van der Waals surface area (Å²) >= 11 is 0. The predicted octanol–water partition coefficient (Wildman–Crippen LogP) is 2.51. The molecule has 0 aliphatic carbocycles. The quantitative estimate of drug-likeness (QED) is 0.826. The average molecular weight is 305 g/mol. The number of benzene rings is 1. The number of halogens is 1. The van der Waals surface area contributed by atoms with Crippen molar-refractivity contribution in [1.82, 2.24) is 15.1 Å². The Hall–Kier alpha value is -1.72. The molecule has 0 saturated carbocycles. The molecule has 2 aromatic rings. The van der Waals surface area contributed by atoms with E-state index in [4.69, 9.17) is 0 Å². The molecule has 0 radical (unpaired) electrons. The third kappa shape index (κ3) is 3.54. The normalized spacial score (nSPS) is 12.6. The van der Waals surface area contributed by atoms with E-state index in [-0.39, 0.29) is 5.82 Å². The van der Waals surface area contributed by atoms with Crippen molar-refractivity contribution in [3.05, 3.63) is 52.6 Å². The van der Waals surface area contributed by atoms with Gasteiger partial charge in [0.05, 0.1) is 11.8 Å². The van der Waals surface area contributed by atoms with Crippen LogP contribution in [0.25, 0.3) is 0 Å². The Morgan fingerprint density at radius 1 is 1.27 bits per heavy atom. The van der Waals surface area contributed by atoms with E-state index in [1.807, 2.05) is 11.7 Å². The van der Waals surface area contributed by atoms with Gasteiger partial charge in [0.2, 0.25) is 0 Å². The Kier molecular flexibility index (Phi) is 5.69. The molecule has 22 heavy (non-hydrogen) atoms. The molecule has 1 atom stereocenters. The smallest absolute Gasteiger partial charge is 0.129 e. The molecule has 0 aliphatic heterocycles. The lowest BCUT2D eigenvalue weighted by Gasteiger charge is -2.13. The van der Waals surface area contributed by atoms with Gasteiger partial charge in [-0.3, -0.25) is 4.68 Å². The molecule has 0 amide bonds. The minimum absolute atomic E-state index is 0.308. The first-order valence-electron chi connectivity index (χ1n) is 7.75. The second-order valence-electron chi connectivity index (χ2n) is 5.37. The average Bonchev–Trinajstić information content (AvgIpc) is 2.82. The molecule has 0 aliphatic rings. The predicted molar refractivity (Wildman–Crippen MR) is 85.0 cm³/mol. The maximum Gasteiger partial charge on any atom is 0.129 e. The van der Waals surface area contributed by atoms with Crippen molar-refractivity contribution in [3.8, 4) is 0 Å². The van der Waals surface area contributed by atoms with Gasteiger partial charge in [0.15, 0.2) is 0 Å². The van der Waals surface area contributed by atoms with Gasteiger partial charge >= 0.3 is 0 Å². The summed E-state index contributed by atoms with van der Waals surface area (Å²) in [7, 11) is 1.95. The number of aromatic nitrogens is 2. The van der Waals surface area contributed by atoms with Gasteiger partial charge in [0.25, 0.3) is 0 Å². The van der Waals surface area contributed by atoms with E-state index in [2.05, 4.69) is 24.3 Å². The van der Waals surface area contributed by atoms with E-state index in [1.54, 1.807) is 18.2 Å². The Labute approximate surface area is 131 Å². The number of rotatable bonds is 7. The van der Waals surface area contributed by atoms with Crippen molar-refractivity contribution >= 4 is 0 Å². The number of aliphatic hydroxyl groups is 1. The highest BCUT2D eigenvalue weighted by Gasteiger charge is 2.15. The maximum absolute atomic E-state index is 13.6. The van der Waals surface area contributed by atoms with Crippen molar-refractivity contribution in [3.63, 3.8) is 0 Å². The lowest BCUT2D eigenvalue weighted by molar-refractivity contribution is 0.169. The van der Waals surface area contributed by atoms with Crippen LogP contribution in [0.4, 0.5) is 4.39 Å². The molecule has 1 aromatic heterocycles. The fourth-order valence-corrected chi connectivity index (χ4v) is 2.78. The van der Waals surface area contributed by atoms with Crippen LogP contribution in [0.5, 0.6) is 0 Å². The van der Waals surface area contributed by atoms with E-state index >= 15 is 0 Å². The second-order valence-corrected chi connectivity index (χ2v) is 5.37. The summed E-state index contributed by atoms with van der Waals surface area (Å²) in [5, 5.41) is 17.9. The summed E-state index contributed by atoms with van der Waals surface area (Å²) in [5.41, 5.74) is 3.79. The monoisotopic (exact) mass is 305 g/mol. The topological polar surface area (TPSA) is 50.1 Å². The summed E-state index contributed by atoms with van der Waals surface area (Å²) in [6, 6.07) is 6.33. The molecular weight excluding hydrogens is 281 g/mol. The highest BCUT2D eigenvalue weighted by Crippen LogP contribution is 2.18. The van der Waals surface area contributed by atoms with Crippen LogP contribution in [-0.2, 0) is 26.4 Å². The zero-order chi connectivity index (χ0) is 16.1. The highest BCUT2D eigenvalue weighted by atomic mass is 19.1. The number of aryl methyl sites for hydroxylation is 2. The van der Waals surface area contributed by atoms with Gasteiger partial charge in [0, 0.05) is 37.0 Å². The zero-order valence-corrected chi connectivity index (χ0v) is 13.4. The summed E-state index contributed by atoms with van der Waals surface area (Å²) in [6.45, 7) is 5.13. The largest absolute Gasteiger partial charge is 0.387 e. The summed E-state index contributed by atoms with van der Waals surface area (Å²) in [6.07, 6.45) is 0.935. The number of aliphatic hydroxyl groups excluding tert-OH is 1. The summed E-state index contributed by atoms with van der Waals surface area (Å²) < 4.78 is 15.5. The fourth-order valence-electron chi connectivity index (χ4n) is 2.78. The summed E-state index contributed by atoms with van der Waals surface area (Å²) in [5.74, 6) is -0.373. The number of nitrogens with one attached hydrogen (secondary N) is 1. The minimum Gasteiger partial charge on any atom is -0.387 e. The van der Waals surface area contributed by atoms with Crippen molar-refractivity contribution < 1.29 is 9.50 Å². The Morgan fingerprint density at radius 3 is 2.64 bits per heavy atom. The van der Waals surface area contributed by atoms with Crippen molar-refractivity contribution in [2.24, 2.45) is 7.05 Å². The van der Waals surface area contributed by atoms with Crippen LogP contribution in [0.3, 0.4) is 0 Å². The molecule has 0 fully saturated rings. The first-order chi connectivity index (χ1) is 10.6. The Bertz CT molecular complexity index is 624. The van der Waals surface area contributed by atoms with Gasteiger partial charge in [-0.25, -0.2) is 4.39 Å². The van der Waals surface area contributed by atoms with E-state index in [9.17, 15) is 9.50 Å². The lowest BCUT2D eigenvalue weighted by atomic mass is 10.1. The summed E-state index contributed by atoms with van der Waals surface area (Å²) in [4.78, 5) is 0. The van der Waals surface area contributed by atoms with Crippen LogP contribution in [0.1, 0.15) is 42.5 Å². The van der Waals surface area contributed by atoms with E-state index < -0.39 is 6.10 Å².